The van der Waals surface area contributed by atoms with Crippen LogP contribution in [-0.4, -0.2) is 58.0 Å². The Bertz CT molecular complexity index is 1740. The lowest BCUT2D eigenvalue weighted by molar-refractivity contribution is -0.140. The van der Waals surface area contributed by atoms with E-state index >= 15 is 0 Å². The van der Waals surface area contributed by atoms with Gasteiger partial charge in [0.2, 0.25) is 11.8 Å². The van der Waals surface area contributed by atoms with Gasteiger partial charge in [0.25, 0.3) is 10.0 Å². The number of carbonyl (C=O) groups excluding carboxylic acids is 2. The van der Waals surface area contributed by atoms with Gasteiger partial charge in [0, 0.05) is 30.1 Å². The van der Waals surface area contributed by atoms with Gasteiger partial charge in [0.05, 0.1) is 24.8 Å². The molecule has 1 N–H and O–H groups in total. The summed E-state index contributed by atoms with van der Waals surface area (Å²) in [6.45, 7) is 3.33. The lowest BCUT2D eigenvalue weighted by atomic mass is 10.0. The van der Waals surface area contributed by atoms with Gasteiger partial charge in [-0.05, 0) is 60.9 Å². The summed E-state index contributed by atoms with van der Waals surface area (Å²) in [5, 5.41) is 3.56. The molecule has 0 heterocycles. The van der Waals surface area contributed by atoms with Crippen LogP contribution in [-0.2, 0) is 32.6 Å². The summed E-state index contributed by atoms with van der Waals surface area (Å²) < 4.78 is 40.3. The number of amides is 2. The molecule has 0 unspecified atom stereocenters. The van der Waals surface area contributed by atoms with Gasteiger partial charge >= 0.3 is 0 Å². The van der Waals surface area contributed by atoms with Crippen LogP contribution in [0.4, 0.5) is 5.69 Å². The van der Waals surface area contributed by atoms with Crippen LogP contribution in [0.2, 0.25) is 5.02 Å². The SMILES string of the molecule is CC[C@H](C)NC(=O)[C@H](Cc1ccccc1)N(Cc1ccc(Cl)cc1)C(=O)CN(c1ccccc1)S(=O)(=O)c1ccc(OC)c(OC)c1. The number of hydrogen-bond acceptors (Lipinski definition) is 6. The second kappa shape index (κ2) is 16.3. The zero-order chi connectivity index (χ0) is 34.0. The Morgan fingerprint density at radius 1 is 0.830 bits per heavy atom. The van der Waals surface area contributed by atoms with E-state index in [9.17, 15) is 18.0 Å². The van der Waals surface area contributed by atoms with Crippen LogP contribution in [0.5, 0.6) is 11.5 Å². The van der Waals surface area contributed by atoms with Crippen molar-refractivity contribution in [1.29, 1.82) is 0 Å². The van der Waals surface area contributed by atoms with E-state index < -0.39 is 28.5 Å². The van der Waals surface area contributed by atoms with Gasteiger partial charge in [-0.3, -0.25) is 13.9 Å². The fraction of sp³-hybridized carbons (Fsp3) is 0.278. The van der Waals surface area contributed by atoms with Crippen molar-refractivity contribution < 1.29 is 27.5 Å². The standard InChI is InChI=1S/C36H40ClN3O6S/c1-5-26(2)38-36(42)32(22-27-12-8-6-9-13-27)39(24-28-16-18-29(37)19-17-28)35(41)25-40(30-14-10-7-11-15-30)47(43,44)31-20-21-33(45-3)34(23-31)46-4/h6-21,23,26,32H,5,22,24-25H2,1-4H3,(H,38,42)/t26-,32-/m0/s1. The predicted molar refractivity (Wildman–Crippen MR) is 184 cm³/mol. The number of ether oxygens (including phenoxy) is 2. The second-order valence-corrected chi connectivity index (χ2v) is 13.3. The molecule has 0 radical (unpaired) electrons. The van der Waals surface area contributed by atoms with E-state index in [4.69, 9.17) is 21.1 Å². The summed E-state index contributed by atoms with van der Waals surface area (Å²) >= 11 is 6.16. The van der Waals surface area contributed by atoms with Crippen molar-refractivity contribution in [3.8, 4) is 11.5 Å². The van der Waals surface area contributed by atoms with Gasteiger partial charge in [-0.25, -0.2) is 8.42 Å². The number of hydrogen-bond donors (Lipinski definition) is 1. The molecule has 0 aliphatic carbocycles. The monoisotopic (exact) mass is 677 g/mol. The van der Waals surface area contributed by atoms with Crippen LogP contribution >= 0.6 is 11.6 Å². The maximum absolute atomic E-state index is 14.6. The predicted octanol–water partition coefficient (Wildman–Crippen LogP) is 6.11. The molecule has 0 fully saturated rings. The zero-order valence-corrected chi connectivity index (χ0v) is 28.5. The lowest BCUT2D eigenvalue weighted by Gasteiger charge is -2.34. The summed E-state index contributed by atoms with van der Waals surface area (Å²) in [4.78, 5) is 29.8. The van der Waals surface area contributed by atoms with E-state index in [-0.39, 0.29) is 41.2 Å². The Morgan fingerprint density at radius 2 is 1.45 bits per heavy atom. The minimum Gasteiger partial charge on any atom is -0.493 e. The molecule has 2 atom stereocenters. The first-order chi connectivity index (χ1) is 22.6. The third kappa shape index (κ3) is 9.05. The summed E-state index contributed by atoms with van der Waals surface area (Å²) in [7, 11) is -1.44. The highest BCUT2D eigenvalue weighted by Gasteiger charge is 2.35. The number of nitrogens with one attached hydrogen (secondary N) is 1. The van der Waals surface area contributed by atoms with Crippen molar-refractivity contribution in [3.05, 3.63) is 119 Å². The summed E-state index contributed by atoms with van der Waals surface area (Å²) in [6, 6.07) is 28.0. The van der Waals surface area contributed by atoms with Crippen molar-refractivity contribution >= 4 is 39.1 Å². The number of nitrogens with zero attached hydrogens (tertiary/aromatic N) is 2. The first-order valence-electron chi connectivity index (χ1n) is 15.2. The largest absolute Gasteiger partial charge is 0.493 e. The number of rotatable bonds is 15. The maximum atomic E-state index is 14.6. The van der Waals surface area contributed by atoms with Gasteiger partial charge in [-0.2, -0.15) is 0 Å². The zero-order valence-electron chi connectivity index (χ0n) is 26.9. The first-order valence-corrected chi connectivity index (χ1v) is 17.1. The maximum Gasteiger partial charge on any atom is 0.264 e. The van der Waals surface area contributed by atoms with Crippen molar-refractivity contribution in [2.45, 2.75) is 50.2 Å². The van der Waals surface area contributed by atoms with Crippen molar-refractivity contribution in [3.63, 3.8) is 0 Å². The molecule has 0 saturated carbocycles. The van der Waals surface area contributed by atoms with Crippen molar-refractivity contribution in [2.24, 2.45) is 0 Å². The van der Waals surface area contributed by atoms with Gasteiger partial charge in [0.1, 0.15) is 12.6 Å². The molecule has 0 saturated heterocycles. The second-order valence-electron chi connectivity index (χ2n) is 11.0. The molecule has 0 aliphatic rings. The van der Waals surface area contributed by atoms with Gasteiger partial charge in [-0.1, -0.05) is 79.2 Å². The minimum atomic E-state index is -4.31. The number of para-hydroxylation sites is 1. The molecule has 47 heavy (non-hydrogen) atoms. The van der Waals surface area contributed by atoms with Crippen LogP contribution in [0.1, 0.15) is 31.4 Å². The Labute approximate surface area is 282 Å². The number of methoxy groups -OCH3 is 2. The quantitative estimate of drug-likeness (QED) is 0.163. The summed E-state index contributed by atoms with van der Waals surface area (Å²) in [6.07, 6.45) is 0.913. The third-order valence-electron chi connectivity index (χ3n) is 7.80. The van der Waals surface area contributed by atoms with E-state index in [1.807, 2.05) is 44.2 Å². The average molecular weight is 678 g/mol. The van der Waals surface area contributed by atoms with Crippen LogP contribution in [0.15, 0.2) is 108 Å². The van der Waals surface area contributed by atoms with Gasteiger partial charge in [-0.15, -0.1) is 0 Å². The molecule has 0 aromatic heterocycles. The first kappa shape index (κ1) is 35.3. The summed E-state index contributed by atoms with van der Waals surface area (Å²) in [5.41, 5.74) is 1.86. The van der Waals surface area contributed by atoms with E-state index in [2.05, 4.69) is 5.32 Å². The topological polar surface area (TPSA) is 105 Å². The number of carbonyl (C=O) groups is 2. The van der Waals surface area contributed by atoms with Crippen LogP contribution in [0.25, 0.3) is 0 Å². The number of sulfonamides is 1. The van der Waals surface area contributed by atoms with Gasteiger partial charge in [0.15, 0.2) is 11.5 Å². The minimum absolute atomic E-state index is 0.0421. The molecular weight excluding hydrogens is 638 g/mol. The summed E-state index contributed by atoms with van der Waals surface area (Å²) in [5.74, 6) is -0.312. The molecule has 4 aromatic rings. The molecule has 4 rings (SSSR count). The normalized spacial score (nSPS) is 12.4. The van der Waals surface area contributed by atoms with Gasteiger partial charge < -0.3 is 19.7 Å². The molecule has 2 amide bonds. The molecular formula is C36H40ClN3O6S. The molecule has 9 nitrogen and oxygen atoms in total. The van der Waals surface area contributed by atoms with E-state index in [1.54, 1.807) is 54.6 Å². The highest BCUT2D eigenvalue weighted by Crippen LogP contribution is 2.32. The lowest BCUT2D eigenvalue weighted by Crippen LogP contribution is -2.54. The van der Waals surface area contributed by atoms with Crippen LogP contribution in [0, 0.1) is 0 Å². The third-order valence-corrected chi connectivity index (χ3v) is 9.83. The van der Waals surface area contributed by atoms with Crippen molar-refractivity contribution in [1.82, 2.24) is 10.2 Å². The fourth-order valence-corrected chi connectivity index (χ4v) is 6.56. The Morgan fingerprint density at radius 3 is 2.04 bits per heavy atom. The molecule has 4 aromatic carbocycles. The average Bonchev–Trinajstić information content (AvgIpc) is 3.09. The highest BCUT2D eigenvalue weighted by atomic mass is 35.5. The van der Waals surface area contributed by atoms with Crippen molar-refractivity contribution in [2.75, 3.05) is 25.1 Å². The Hall–Kier alpha value is -4.54. The highest BCUT2D eigenvalue weighted by molar-refractivity contribution is 7.92. The van der Waals surface area contributed by atoms with Crippen LogP contribution < -0.4 is 19.1 Å². The fourth-order valence-electron chi connectivity index (χ4n) is 5.01. The Kier molecular flexibility index (Phi) is 12.3. The number of benzene rings is 4. The number of halogens is 1. The van der Waals surface area contributed by atoms with E-state index in [0.29, 0.717) is 17.2 Å². The molecule has 11 heteroatoms. The van der Waals surface area contributed by atoms with Crippen LogP contribution in [0.3, 0.4) is 0 Å². The van der Waals surface area contributed by atoms with E-state index in [0.717, 1.165) is 15.4 Å². The molecule has 0 aliphatic heterocycles. The smallest absolute Gasteiger partial charge is 0.264 e. The number of anilines is 1. The molecule has 0 bridgehead atoms. The molecule has 248 valence electrons. The Balaban J connectivity index is 1.81. The molecule has 0 spiro atoms. The van der Waals surface area contributed by atoms with E-state index in [1.165, 1.54) is 37.3 Å².